The molecule has 0 fully saturated rings. The Bertz CT molecular complexity index is 970. The molecule has 0 radical (unpaired) electrons. The summed E-state index contributed by atoms with van der Waals surface area (Å²) in [7, 11) is -4.38. The molecule has 3 N–H and O–H groups in total. The van der Waals surface area contributed by atoms with Gasteiger partial charge < -0.3 is 20.1 Å². The number of ether oxygens (including phenoxy) is 2. The van der Waals surface area contributed by atoms with E-state index in [1.54, 1.807) is 0 Å². The molecule has 0 amide bonds. The molecule has 0 saturated heterocycles. The molecular formula is C43H80NO8P. The molecule has 0 saturated carbocycles. The van der Waals surface area contributed by atoms with E-state index >= 15 is 0 Å². The van der Waals surface area contributed by atoms with Gasteiger partial charge in [0.05, 0.1) is 13.2 Å². The predicted octanol–water partition coefficient (Wildman–Crippen LogP) is 12.2. The maximum absolute atomic E-state index is 12.6. The first-order valence-electron chi connectivity index (χ1n) is 21.5. The molecule has 10 heteroatoms. The van der Waals surface area contributed by atoms with Crippen LogP contribution in [-0.4, -0.2) is 49.3 Å². The zero-order valence-electron chi connectivity index (χ0n) is 34.0. The molecule has 0 rings (SSSR count). The Labute approximate surface area is 324 Å². The average molecular weight is 770 g/mol. The molecule has 2 atom stereocenters. The summed E-state index contributed by atoms with van der Waals surface area (Å²) in [6, 6.07) is 0. The van der Waals surface area contributed by atoms with E-state index in [9.17, 15) is 19.0 Å². The van der Waals surface area contributed by atoms with Gasteiger partial charge >= 0.3 is 19.8 Å². The van der Waals surface area contributed by atoms with Crippen LogP contribution in [0.5, 0.6) is 0 Å². The smallest absolute Gasteiger partial charge is 0.462 e. The second-order valence-electron chi connectivity index (χ2n) is 14.2. The average Bonchev–Trinajstić information content (AvgIpc) is 3.14. The number of hydrogen-bond donors (Lipinski definition) is 2. The van der Waals surface area contributed by atoms with Gasteiger partial charge in [0.1, 0.15) is 6.61 Å². The Morgan fingerprint density at radius 3 is 1.51 bits per heavy atom. The maximum Gasteiger partial charge on any atom is 0.472 e. The standard InChI is InChI=1S/C43H80NO8P/c1-3-5-7-9-11-13-15-17-19-20-22-23-25-27-29-31-33-35-42(45)49-39-41(40-51-53(47,48)50-38-37-44)52-43(46)36-34-32-30-28-26-24-21-18-16-14-12-10-8-6-4-2/h10-13,17,19,41H,3-9,14-16,18,20-40,44H2,1-2H3,(H,47,48)/b12-10+,13-11+,19-17+/t41-/m1/s1. The predicted molar refractivity (Wildman–Crippen MR) is 220 cm³/mol. The highest BCUT2D eigenvalue weighted by atomic mass is 31.2. The Morgan fingerprint density at radius 2 is 1.00 bits per heavy atom. The van der Waals surface area contributed by atoms with Crippen molar-refractivity contribution in [3.05, 3.63) is 36.5 Å². The Hall–Kier alpha value is -1.77. The highest BCUT2D eigenvalue weighted by Crippen LogP contribution is 2.43. The van der Waals surface area contributed by atoms with E-state index in [2.05, 4.69) is 50.3 Å². The van der Waals surface area contributed by atoms with Crippen LogP contribution < -0.4 is 5.73 Å². The third-order valence-corrected chi connectivity index (χ3v) is 9.98. The zero-order valence-corrected chi connectivity index (χ0v) is 34.9. The van der Waals surface area contributed by atoms with Gasteiger partial charge in [-0.1, -0.05) is 153 Å². The highest BCUT2D eigenvalue weighted by molar-refractivity contribution is 7.47. The lowest BCUT2D eigenvalue weighted by atomic mass is 10.1. The Balaban J connectivity index is 4.16. The quantitative estimate of drug-likeness (QED) is 0.0270. The first-order chi connectivity index (χ1) is 25.8. The summed E-state index contributed by atoms with van der Waals surface area (Å²) in [5, 5.41) is 0. The second kappa shape index (κ2) is 39.9. The van der Waals surface area contributed by atoms with Crippen molar-refractivity contribution in [1.82, 2.24) is 0 Å². The molecule has 0 aliphatic carbocycles. The van der Waals surface area contributed by atoms with Crippen molar-refractivity contribution in [2.24, 2.45) is 5.73 Å². The van der Waals surface area contributed by atoms with Gasteiger partial charge in [-0.3, -0.25) is 18.6 Å². The number of rotatable bonds is 40. The van der Waals surface area contributed by atoms with Crippen LogP contribution in [0.4, 0.5) is 0 Å². The minimum atomic E-state index is -4.38. The van der Waals surface area contributed by atoms with Crippen molar-refractivity contribution < 1.29 is 37.6 Å². The van der Waals surface area contributed by atoms with Crippen LogP contribution in [0.2, 0.25) is 0 Å². The van der Waals surface area contributed by atoms with Crippen molar-refractivity contribution in [2.75, 3.05) is 26.4 Å². The lowest BCUT2D eigenvalue weighted by molar-refractivity contribution is -0.161. The lowest BCUT2D eigenvalue weighted by Crippen LogP contribution is -2.29. The number of phosphoric ester groups is 1. The monoisotopic (exact) mass is 770 g/mol. The van der Waals surface area contributed by atoms with Gasteiger partial charge in [0.2, 0.25) is 0 Å². The Morgan fingerprint density at radius 1 is 0.566 bits per heavy atom. The summed E-state index contributed by atoms with van der Waals surface area (Å²) in [5.41, 5.74) is 5.34. The summed E-state index contributed by atoms with van der Waals surface area (Å²) in [6.07, 6.45) is 43.1. The SMILES string of the molecule is CCCC/C=C/CCCCCCCCCCCC(=O)O[C@H](COC(=O)CCCCCCCCC/C=C/C/C=C/CCCCC)COP(=O)(O)OCCN. The topological polar surface area (TPSA) is 134 Å². The molecule has 0 aromatic carbocycles. The van der Waals surface area contributed by atoms with Gasteiger partial charge in [-0.2, -0.15) is 0 Å². The summed E-state index contributed by atoms with van der Waals surface area (Å²) in [6.45, 7) is 3.67. The number of carbonyl (C=O) groups is 2. The van der Waals surface area contributed by atoms with Gasteiger partial charge in [-0.15, -0.1) is 0 Å². The minimum Gasteiger partial charge on any atom is -0.462 e. The van der Waals surface area contributed by atoms with Gasteiger partial charge in [0.25, 0.3) is 0 Å². The van der Waals surface area contributed by atoms with E-state index in [1.807, 2.05) is 0 Å². The van der Waals surface area contributed by atoms with Crippen molar-refractivity contribution in [1.29, 1.82) is 0 Å². The number of esters is 2. The lowest BCUT2D eigenvalue weighted by Gasteiger charge is -2.19. The van der Waals surface area contributed by atoms with Crippen LogP contribution in [-0.2, 0) is 32.7 Å². The molecule has 0 aliphatic heterocycles. The summed E-state index contributed by atoms with van der Waals surface area (Å²) in [5.74, 6) is -0.838. The molecular weight excluding hydrogens is 689 g/mol. The van der Waals surface area contributed by atoms with Crippen LogP contribution in [0.3, 0.4) is 0 Å². The fourth-order valence-electron chi connectivity index (χ4n) is 5.76. The van der Waals surface area contributed by atoms with E-state index in [0.29, 0.717) is 6.42 Å². The third kappa shape index (κ3) is 39.7. The van der Waals surface area contributed by atoms with Crippen molar-refractivity contribution in [3.8, 4) is 0 Å². The molecule has 0 spiro atoms. The second-order valence-corrected chi connectivity index (χ2v) is 15.7. The van der Waals surface area contributed by atoms with E-state index in [-0.39, 0.29) is 38.6 Å². The van der Waals surface area contributed by atoms with Gasteiger partial charge in [0.15, 0.2) is 6.10 Å². The molecule has 9 nitrogen and oxygen atoms in total. The van der Waals surface area contributed by atoms with Gasteiger partial charge in [-0.05, 0) is 64.2 Å². The van der Waals surface area contributed by atoms with Crippen LogP contribution in [0.15, 0.2) is 36.5 Å². The van der Waals surface area contributed by atoms with E-state index < -0.39 is 26.5 Å². The Kier molecular flexibility index (Phi) is 38.6. The third-order valence-electron chi connectivity index (χ3n) is 9.00. The number of hydrogen-bond acceptors (Lipinski definition) is 8. The molecule has 0 heterocycles. The van der Waals surface area contributed by atoms with E-state index in [4.69, 9.17) is 24.3 Å². The fraction of sp³-hybridized carbons (Fsp3) is 0.814. The number of unbranched alkanes of at least 4 members (excludes halogenated alkanes) is 21. The summed E-state index contributed by atoms with van der Waals surface area (Å²) >= 11 is 0. The van der Waals surface area contributed by atoms with E-state index in [0.717, 1.165) is 57.8 Å². The number of phosphoric acid groups is 1. The summed E-state index contributed by atoms with van der Waals surface area (Å²) < 4.78 is 32.8. The molecule has 0 aliphatic rings. The molecule has 0 aromatic rings. The number of nitrogens with two attached hydrogens (primary N) is 1. The van der Waals surface area contributed by atoms with Gasteiger partial charge in [-0.25, -0.2) is 4.57 Å². The first kappa shape index (κ1) is 51.2. The van der Waals surface area contributed by atoms with Crippen molar-refractivity contribution in [2.45, 2.75) is 200 Å². The summed E-state index contributed by atoms with van der Waals surface area (Å²) in [4.78, 5) is 34.8. The van der Waals surface area contributed by atoms with Crippen LogP contribution in [0.25, 0.3) is 0 Å². The zero-order chi connectivity index (χ0) is 38.9. The molecule has 310 valence electrons. The number of allylic oxidation sites excluding steroid dienone is 6. The largest absolute Gasteiger partial charge is 0.472 e. The van der Waals surface area contributed by atoms with Crippen LogP contribution in [0.1, 0.15) is 194 Å². The van der Waals surface area contributed by atoms with Crippen molar-refractivity contribution >= 4 is 19.8 Å². The minimum absolute atomic E-state index is 0.0518. The van der Waals surface area contributed by atoms with Crippen LogP contribution in [0, 0.1) is 0 Å². The normalized spacial score (nSPS) is 13.7. The molecule has 1 unspecified atom stereocenters. The fourth-order valence-corrected chi connectivity index (χ4v) is 6.53. The van der Waals surface area contributed by atoms with Crippen molar-refractivity contribution in [3.63, 3.8) is 0 Å². The highest BCUT2D eigenvalue weighted by Gasteiger charge is 2.26. The number of carbonyl (C=O) groups excluding carboxylic acids is 2. The maximum atomic E-state index is 12.6. The molecule has 0 aromatic heterocycles. The first-order valence-corrected chi connectivity index (χ1v) is 23.0. The molecule has 0 bridgehead atoms. The molecule has 53 heavy (non-hydrogen) atoms. The van der Waals surface area contributed by atoms with E-state index in [1.165, 1.54) is 103 Å². The van der Waals surface area contributed by atoms with Crippen LogP contribution >= 0.6 is 7.82 Å². The van der Waals surface area contributed by atoms with Gasteiger partial charge in [0, 0.05) is 19.4 Å².